The number of nitrogens with zero attached hydrogens (tertiary/aromatic N) is 4. The molecule has 0 saturated carbocycles. The summed E-state index contributed by atoms with van der Waals surface area (Å²) in [4.78, 5) is 8.08. The predicted molar refractivity (Wildman–Crippen MR) is 78.1 cm³/mol. The second-order valence-corrected chi connectivity index (χ2v) is 4.74. The van der Waals surface area contributed by atoms with Crippen LogP contribution in [0.5, 0.6) is 0 Å². The number of pyridine rings is 2. The molecule has 0 aromatic carbocycles. The molecule has 0 atom stereocenters. The van der Waals surface area contributed by atoms with Crippen LogP contribution in [0.25, 0.3) is 11.3 Å². The average molecular weight is 264 g/mol. The Morgan fingerprint density at radius 3 is 2.25 bits per heavy atom. The minimum absolute atomic E-state index is 0.933. The number of rotatable bonds is 4. The first-order valence-electron chi connectivity index (χ1n) is 6.65. The van der Waals surface area contributed by atoms with Crippen LogP contribution >= 0.6 is 0 Å². The predicted octanol–water partition coefficient (Wildman–Crippen LogP) is 2.66. The first-order valence-corrected chi connectivity index (χ1v) is 6.65. The molecule has 3 aromatic rings. The van der Waals surface area contributed by atoms with Crippen molar-refractivity contribution in [2.75, 3.05) is 0 Å². The molecular weight excluding hydrogens is 248 g/mol. The number of aryl methyl sites for hydroxylation is 3. The van der Waals surface area contributed by atoms with Crippen molar-refractivity contribution in [1.82, 2.24) is 19.7 Å². The minimum Gasteiger partial charge on any atom is -0.268 e. The zero-order valence-corrected chi connectivity index (χ0v) is 11.4. The van der Waals surface area contributed by atoms with Crippen molar-refractivity contribution in [2.24, 2.45) is 7.05 Å². The summed E-state index contributed by atoms with van der Waals surface area (Å²) in [6.07, 6.45) is 9.18. The van der Waals surface area contributed by atoms with Crippen molar-refractivity contribution in [2.45, 2.75) is 12.8 Å². The maximum atomic E-state index is 4.58. The Labute approximate surface area is 118 Å². The van der Waals surface area contributed by atoms with E-state index in [9.17, 15) is 0 Å². The first-order chi connectivity index (χ1) is 9.83. The van der Waals surface area contributed by atoms with Gasteiger partial charge in [-0.1, -0.05) is 0 Å². The Morgan fingerprint density at radius 1 is 0.900 bits per heavy atom. The molecule has 100 valence electrons. The summed E-state index contributed by atoms with van der Waals surface area (Å²) in [5.41, 5.74) is 4.66. The largest absolute Gasteiger partial charge is 0.268 e. The van der Waals surface area contributed by atoms with Crippen LogP contribution < -0.4 is 0 Å². The van der Waals surface area contributed by atoms with Crippen molar-refractivity contribution in [1.29, 1.82) is 0 Å². The second-order valence-electron chi connectivity index (χ2n) is 4.74. The Balaban J connectivity index is 1.76. The van der Waals surface area contributed by atoms with E-state index in [1.165, 1.54) is 5.56 Å². The second kappa shape index (κ2) is 5.65. The molecule has 3 aromatic heterocycles. The highest BCUT2D eigenvalue weighted by Crippen LogP contribution is 2.19. The molecule has 0 aliphatic carbocycles. The van der Waals surface area contributed by atoms with Crippen molar-refractivity contribution in [3.05, 3.63) is 66.4 Å². The molecule has 0 aliphatic heterocycles. The van der Waals surface area contributed by atoms with E-state index in [-0.39, 0.29) is 0 Å². The molecule has 4 heteroatoms. The zero-order valence-electron chi connectivity index (χ0n) is 11.4. The van der Waals surface area contributed by atoms with Crippen molar-refractivity contribution in [3.63, 3.8) is 0 Å². The van der Waals surface area contributed by atoms with Crippen LogP contribution in [0.1, 0.15) is 11.3 Å². The Hall–Kier alpha value is -2.49. The Morgan fingerprint density at radius 2 is 1.55 bits per heavy atom. The van der Waals surface area contributed by atoms with Gasteiger partial charge in [0.1, 0.15) is 0 Å². The van der Waals surface area contributed by atoms with Crippen LogP contribution in [-0.4, -0.2) is 19.7 Å². The van der Waals surface area contributed by atoms with Gasteiger partial charge in [0.05, 0.1) is 11.4 Å². The molecule has 0 spiro atoms. The van der Waals surface area contributed by atoms with Crippen LogP contribution in [0.4, 0.5) is 0 Å². The normalized spacial score (nSPS) is 10.7. The van der Waals surface area contributed by atoms with Gasteiger partial charge in [-0.15, -0.1) is 0 Å². The van der Waals surface area contributed by atoms with Gasteiger partial charge in [-0.05, 0) is 48.7 Å². The van der Waals surface area contributed by atoms with E-state index in [2.05, 4.69) is 21.1 Å². The molecule has 0 unspecified atom stereocenters. The van der Waals surface area contributed by atoms with Crippen molar-refractivity contribution in [3.8, 4) is 11.3 Å². The SMILES string of the molecule is Cn1nc(CCc2ccncc2)cc1-c1ccncc1. The lowest BCUT2D eigenvalue weighted by Gasteiger charge is -1.99. The van der Waals surface area contributed by atoms with E-state index in [0.29, 0.717) is 0 Å². The number of hydrogen-bond acceptors (Lipinski definition) is 3. The summed E-state index contributed by atoms with van der Waals surface area (Å²) in [6.45, 7) is 0. The van der Waals surface area contributed by atoms with E-state index >= 15 is 0 Å². The standard InChI is InChI=1S/C16H16N4/c1-20-16(14-6-10-18-11-7-14)12-15(19-20)3-2-13-4-8-17-9-5-13/h4-12H,2-3H2,1H3. The molecule has 0 amide bonds. The molecule has 0 aliphatic rings. The third-order valence-electron chi connectivity index (χ3n) is 3.33. The van der Waals surface area contributed by atoms with Gasteiger partial charge < -0.3 is 0 Å². The van der Waals surface area contributed by atoms with Crippen molar-refractivity contribution < 1.29 is 0 Å². The molecule has 0 bridgehead atoms. The minimum atomic E-state index is 0.933. The Bertz CT molecular complexity index is 674. The van der Waals surface area contributed by atoms with Gasteiger partial charge in [0, 0.05) is 37.4 Å². The van der Waals surface area contributed by atoms with Gasteiger partial charge in [0.25, 0.3) is 0 Å². The van der Waals surface area contributed by atoms with Crippen LogP contribution in [0.15, 0.2) is 55.1 Å². The third kappa shape index (κ3) is 2.74. The van der Waals surface area contributed by atoms with Crippen LogP contribution in [0.2, 0.25) is 0 Å². The van der Waals surface area contributed by atoms with E-state index in [1.807, 2.05) is 48.4 Å². The Kier molecular flexibility index (Phi) is 3.54. The highest BCUT2D eigenvalue weighted by molar-refractivity contribution is 5.59. The van der Waals surface area contributed by atoms with Gasteiger partial charge >= 0.3 is 0 Å². The highest BCUT2D eigenvalue weighted by atomic mass is 15.3. The fraction of sp³-hybridized carbons (Fsp3) is 0.188. The van der Waals surface area contributed by atoms with Gasteiger partial charge in [-0.25, -0.2) is 0 Å². The first kappa shape index (κ1) is 12.5. The average Bonchev–Trinajstić information content (AvgIpc) is 2.88. The van der Waals surface area contributed by atoms with E-state index in [0.717, 1.165) is 29.8 Å². The maximum Gasteiger partial charge on any atom is 0.0682 e. The summed E-state index contributed by atoms with van der Waals surface area (Å²) < 4.78 is 1.93. The molecule has 3 heterocycles. The topological polar surface area (TPSA) is 43.6 Å². The fourth-order valence-electron chi connectivity index (χ4n) is 2.26. The van der Waals surface area contributed by atoms with Crippen LogP contribution in [-0.2, 0) is 19.9 Å². The zero-order chi connectivity index (χ0) is 13.8. The fourth-order valence-corrected chi connectivity index (χ4v) is 2.26. The summed E-state index contributed by atoms with van der Waals surface area (Å²) in [7, 11) is 1.98. The molecule has 0 saturated heterocycles. The van der Waals surface area contributed by atoms with E-state index in [4.69, 9.17) is 0 Å². The summed E-state index contributed by atoms with van der Waals surface area (Å²) >= 11 is 0. The number of aromatic nitrogens is 4. The lowest BCUT2D eigenvalue weighted by Crippen LogP contribution is -1.96. The molecule has 4 nitrogen and oxygen atoms in total. The smallest absolute Gasteiger partial charge is 0.0682 e. The van der Waals surface area contributed by atoms with Gasteiger partial charge in [-0.2, -0.15) is 5.10 Å². The van der Waals surface area contributed by atoms with Crippen LogP contribution in [0, 0.1) is 0 Å². The maximum absolute atomic E-state index is 4.58. The van der Waals surface area contributed by atoms with E-state index in [1.54, 1.807) is 12.4 Å². The highest BCUT2D eigenvalue weighted by Gasteiger charge is 2.07. The molecule has 3 rings (SSSR count). The molecule has 0 radical (unpaired) electrons. The van der Waals surface area contributed by atoms with Gasteiger partial charge in [-0.3, -0.25) is 14.6 Å². The summed E-state index contributed by atoms with van der Waals surface area (Å²) in [5.74, 6) is 0. The van der Waals surface area contributed by atoms with Gasteiger partial charge in [0.15, 0.2) is 0 Å². The number of hydrogen-bond donors (Lipinski definition) is 0. The van der Waals surface area contributed by atoms with Crippen LogP contribution in [0.3, 0.4) is 0 Å². The molecular formula is C16H16N4. The molecule has 0 N–H and O–H groups in total. The van der Waals surface area contributed by atoms with Gasteiger partial charge in [0.2, 0.25) is 0 Å². The lowest BCUT2D eigenvalue weighted by molar-refractivity contribution is 0.743. The quantitative estimate of drug-likeness (QED) is 0.727. The third-order valence-corrected chi connectivity index (χ3v) is 3.33. The summed E-state index contributed by atoms with van der Waals surface area (Å²) in [5, 5.41) is 4.58. The summed E-state index contributed by atoms with van der Waals surface area (Å²) in [6, 6.07) is 10.3. The van der Waals surface area contributed by atoms with E-state index < -0.39 is 0 Å². The molecule has 20 heavy (non-hydrogen) atoms. The lowest BCUT2D eigenvalue weighted by atomic mass is 10.1. The van der Waals surface area contributed by atoms with Crippen molar-refractivity contribution >= 4 is 0 Å². The monoisotopic (exact) mass is 264 g/mol. The molecule has 0 fully saturated rings.